The first-order chi connectivity index (χ1) is 7.66. The zero-order valence-electron chi connectivity index (χ0n) is 9.51. The van der Waals surface area contributed by atoms with Crippen LogP contribution in [0.15, 0.2) is 36.7 Å². The number of pyridine rings is 1. The lowest BCUT2D eigenvalue weighted by Crippen LogP contribution is -2.20. The number of anilines is 1. The van der Waals surface area contributed by atoms with E-state index in [0.29, 0.717) is 5.65 Å². The van der Waals surface area contributed by atoms with Crippen molar-refractivity contribution < 1.29 is 0 Å². The van der Waals surface area contributed by atoms with Gasteiger partial charge in [-0.25, -0.2) is 9.97 Å². The third-order valence-corrected chi connectivity index (χ3v) is 2.22. The Hall–Kier alpha value is -1.97. The third kappa shape index (κ3) is 2.16. The number of fused-ring (bicyclic) bond motifs is 1. The van der Waals surface area contributed by atoms with Crippen LogP contribution in [-0.2, 0) is 0 Å². The summed E-state index contributed by atoms with van der Waals surface area (Å²) in [5.74, 6) is 0.885. The van der Waals surface area contributed by atoms with Gasteiger partial charge in [0.05, 0.1) is 0 Å². The summed E-state index contributed by atoms with van der Waals surface area (Å²) >= 11 is 0. The molecular formula is C12H14N4. The number of hydrogen-bond donors (Lipinski definition) is 0. The first kappa shape index (κ1) is 10.5. The van der Waals surface area contributed by atoms with Gasteiger partial charge in [-0.1, -0.05) is 12.2 Å². The van der Waals surface area contributed by atoms with Crippen molar-refractivity contribution in [2.24, 2.45) is 0 Å². The second-order valence-electron chi connectivity index (χ2n) is 3.88. The molecule has 4 nitrogen and oxygen atoms in total. The van der Waals surface area contributed by atoms with Gasteiger partial charge in [0.25, 0.3) is 0 Å². The molecule has 0 bridgehead atoms. The molecule has 0 unspecified atom stereocenters. The molecule has 0 amide bonds. The quantitative estimate of drug-likeness (QED) is 0.733. The summed E-state index contributed by atoms with van der Waals surface area (Å²) in [6.45, 7) is 6.67. The fourth-order valence-corrected chi connectivity index (χ4v) is 1.54. The van der Waals surface area contributed by atoms with Crippen molar-refractivity contribution in [3.05, 3.63) is 36.7 Å². The molecule has 0 aliphatic heterocycles. The van der Waals surface area contributed by atoms with E-state index in [1.54, 1.807) is 12.4 Å². The van der Waals surface area contributed by atoms with E-state index in [4.69, 9.17) is 0 Å². The van der Waals surface area contributed by atoms with Gasteiger partial charge in [0.15, 0.2) is 5.65 Å². The maximum atomic E-state index is 4.44. The lowest BCUT2D eigenvalue weighted by Gasteiger charge is -2.17. The topological polar surface area (TPSA) is 41.9 Å². The molecule has 2 heterocycles. The summed E-state index contributed by atoms with van der Waals surface area (Å²) in [4.78, 5) is 14.8. The van der Waals surface area contributed by atoms with Gasteiger partial charge in [-0.3, -0.25) is 4.98 Å². The van der Waals surface area contributed by atoms with Crippen molar-refractivity contribution in [2.45, 2.75) is 6.92 Å². The van der Waals surface area contributed by atoms with Crippen molar-refractivity contribution in [3.63, 3.8) is 0 Å². The molecule has 0 saturated carbocycles. The van der Waals surface area contributed by atoms with Crippen molar-refractivity contribution in [2.75, 3.05) is 18.5 Å². The van der Waals surface area contributed by atoms with Gasteiger partial charge in [0.1, 0.15) is 11.3 Å². The Labute approximate surface area is 94.7 Å². The highest BCUT2D eigenvalue weighted by atomic mass is 15.2. The summed E-state index contributed by atoms with van der Waals surface area (Å²) in [6.07, 6.45) is 3.32. The molecule has 0 aromatic carbocycles. The normalized spacial score (nSPS) is 10.4. The van der Waals surface area contributed by atoms with E-state index in [9.17, 15) is 0 Å². The van der Waals surface area contributed by atoms with Crippen LogP contribution in [0.5, 0.6) is 0 Å². The summed E-state index contributed by atoms with van der Waals surface area (Å²) < 4.78 is 0. The van der Waals surface area contributed by atoms with Gasteiger partial charge in [-0.05, 0) is 19.1 Å². The smallest absolute Gasteiger partial charge is 0.180 e. The van der Waals surface area contributed by atoms with E-state index < -0.39 is 0 Å². The van der Waals surface area contributed by atoms with Crippen LogP contribution in [0.1, 0.15) is 6.92 Å². The zero-order valence-corrected chi connectivity index (χ0v) is 9.51. The fourth-order valence-electron chi connectivity index (χ4n) is 1.54. The van der Waals surface area contributed by atoms with Gasteiger partial charge in [-0.15, -0.1) is 0 Å². The Morgan fingerprint density at radius 2 is 2.06 bits per heavy atom. The van der Waals surface area contributed by atoms with Crippen LogP contribution in [0.25, 0.3) is 11.2 Å². The zero-order chi connectivity index (χ0) is 11.5. The highest BCUT2D eigenvalue weighted by Gasteiger charge is 2.04. The molecule has 0 aliphatic carbocycles. The minimum Gasteiger partial charge on any atom is -0.356 e. The lowest BCUT2D eigenvalue weighted by molar-refractivity contribution is 0.957. The number of aromatic nitrogens is 3. The van der Waals surface area contributed by atoms with Crippen LogP contribution in [0.2, 0.25) is 0 Å². The van der Waals surface area contributed by atoms with Gasteiger partial charge >= 0.3 is 0 Å². The van der Waals surface area contributed by atoms with Crippen molar-refractivity contribution in [1.82, 2.24) is 15.0 Å². The summed E-state index contributed by atoms with van der Waals surface area (Å²) in [5, 5.41) is 0. The van der Waals surface area contributed by atoms with Gasteiger partial charge in [-0.2, -0.15) is 0 Å². The first-order valence-electron chi connectivity index (χ1n) is 5.10. The minimum atomic E-state index is 0.675. The predicted molar refractivity (Wildman–Crippen MR) is 65.4 cm³/mol. The maximum Gasteiger partial charge on any atom is 0.180 e. The largest absolute Gasteiger partial charge is 0.356 e. The molecule has 2 aromatic rings. The van der Waals surface area contributed by atoms with Crippen LogP contribution in [0.4, 0.5) is 5.82 Å². The molecule has 2 aromatic heterocycles. The maximum absolute atomic E-state index is 4.44. The standard InChI is InChI=1S/C12H14N4/c1-9(2)8-16(3)11-5-4-10-12(15-11)14-7-6-13-10/h4-7H,1,8H2,2-3H3. The Morgan fingerprint density at radius 3 is 2.81 bits per heavy atom. The van der Waals surface area contributed by atoms with Crippen molar-refractivity contribution >= 4 is 17.0 Å². The lowest BCUT2D eigenvalue weighted by atomic mass is 10.3. The molecule has 0 N–H and O–H groups in total. The molecule has 0 spiro atoms. The molecular weight excluding hydrogens is 200 g/mol. The number of likely N-dealkylation sites (N-methyl/N-ethyl adjacent to an activating group) is 1. The van der Waals surface area contributed by atoms with E-state index in [1.165, 1.54) is 0 Å². The third-order valence-electron chi connectivity index (χ3n) is 2.22. The number of rotatable bonds is 3. The Kier molecular flexibility index (Phi) is 2.81. The van der Waals surface area contributed by atoms with E-state index in [1.807, 2.05) is 31.0 Å². The molecule has 4 heteroatoms. The second-order valence-corrected chi connectivity index (χ2v) is 3.88. The van der Waals surface area contributed by atoms with Crippen LogP contribution < -0.4 is 4.90 Å². The molecule has 2 rings (SSSR count). The van der Waals surface area contributed by atoms with Gasteiger partial charge in [0, 0.05) is 26.0 Å². The Balaban J connectivity index is 2.35. The van der Waals surface area contributed by atoms with Crippen LogP contribution in [-0.4, -0.2) is 28.5 Å². The first-order valence-corrected chi connectivity index (χ1v) is 5.10. The van der Waals surface area contributed by atoms with E-state index in [0.717, 1.165) is 23.5 Å². The predicted octanol–water partition coefficient (Wildman–Crippen LogP) is 2.04. The Morgan fingerprint density at radius 1 is 1.31 bits per heavy atom. The molecule has 0 fully saturated rings. The average molecular weight is 214 g/mol. The fraction of sp³-hybridized carbons (Fsp3) is 0.250. The van der Waals surface area contributed by atoms with Crippen molar-refractivity contribution in [3.8, 4) is 0 Å². The van der Waals surface area contributed by atoms with E-state index in [-0.39, 0.29) is 0 Å². The number of nitrogens with zero attached hydrogens (tertiary/aromatic N) is 4. The molecule has 0 radical (unpaired) electrons. The Bertz CT molecular complexity index is 521. The van der Waals surface area contributed by atoms with Crippen molar-refractivity contribution in [1.29, 1.82) is 0 Å². The summed E-state index contributed by atoms with van der Waals surface area (Å²) in [5.41, 5.74) is 2.59. The average Bonchev–Trinajstić information content (AvgIpc) is 2.27. The highest BCUT2D eigenvalue weighted by molar-refractivity contribution is 5.71. The molecule has 0 atom stereocenters. The van der Waals surface area contributed by atoms with Crippen LogP contribution >= 0.6 is 0 Å². The highest BCUT2D eigenvalue weighted by Crippen LogP contribution is 2.14. The van der Waals surface area contributed by atoms with Gasteiger partial charge < -0.3 is 4.90 Å². The number of hydrogen-bond acceptors (Lipinski definition) is 4. The van der Waals surface area contributed by atoms with Crippen LogP contribution in [0, 0.1) is 0 Å². The monoisotopic (exact) mass is 214 g/mol. The molecule has 0 aliphatic rings. The van der Waals surface area contributed by atoms with Crippen LogP contribution in [0.3, 0.4) is 0 Å². The van der Waals surface area contributed by atoms with E-state index >= 15 is 0 Å². The molecule has 16 heavy (non-hydrogen) atoms. The van der Waals surface area contributed by atoms with E-state index in [2.05, 4.69) is 21.5 Å². The summed E-state index contributed by atoms with van der Waals surface area (Å²) in [6, 6.07) is 3.87. The second kappa shape index (κ2) is 4.26. The minimum absolute atomic E-state index is 0.675. The van der Waals surface area contributed by atoms with Gasteiger partial charge in [0.2, 0.25) is 0 Å². The summed E-state index contributed by atoms with van der Waals surface area (Å²) in [7, 11) is 1.99. The molecule has 0 saturated heterocycles. The molecule has 82 valence electrons. The SMILES string of the molecule is C=C(C)CN(C)c1ccc2nccnc2n1.